The third-order valence-electron chi connectivity index (χ3n) is 3.81. The molecule has 0 fully saturated rings. The van der Waals surface area contributed by atoms with Gasteiger partial charge < -0.3 is 20.1 Å². The Morgan fingerprint density at radius 1 is 1.55 bits per heavy atom. The summed E-state index contributed by atoms with van der Waals surface area (Å²) >= 11 is 11.6. The monoisotopic (exact) mass is 338 g/mol. The number of hydrogen-bond donors (Lipinski definition) is 1. The number of rotatable bonds is 4. The van der Waals surface area contributed by atoms with Crippen LogP contribution in [-0.2, 0) is 6.42 Å². The number of halogens is 1. The lowest BCUT2D eigenvalue weighted by molar-refractivity contribution is 0.196. The van der Waals surface area contributed by atoms with E-state index in [9.17, 15) is 0 Å². The highest BCUT2D eigenvalue weighted by Crippen LogP contribution is 2.38. The molecule has 0 amide bonds. The highest BCUT2D eigenvalue weighted by Gasteiger charge is 2.33. The summed E-state index contributed by atoms with van der Waals surface area (Å²) in [6.07, 6.45) is 3.30. The normalized spacial score (nSPS) is 20.1. The first kappa shape index (κ1) is 15.4. The van der Waals surface area contributed by atoms with Crippen molar-refractivity contribution < 1.29 is 9.47 Å². The molecular weight excluding hydrogens is 322 g/mol. The van der Waals surface area contributed by atoms with Crippen LogP contribution in [0.3, 0.4) is 0 Å². The minimum absolute atomic E-state index is 0.0900. The van der Waals surface area contributed by atoms with Crippen LogP contribution < -0.4 is 20.5 Å². The fourth-order valence-electron chi connectivity index (χ4n) is 2.81. The number of ether oxygens (including phenoxy) is 2. The van der Waals surface area contributed by atoms with Gasteiger partial charge in [-0.2, -0.15) is 0 Å². The average molecular weight is 339 g/mol. The maximum absolute atomic E-state index is 6.25. The molecule has 0 aromatic heterocycles. The number of hydrogen-bond acceptors (Lipinski definition) is 4. The summed E-state index contributed by atoms with van der Waals surface area (Å²) < 4.78 is 11.1. The largest absolute Gasteiger partial charge is 0.497 e. The Morgan fingerprint density at radius 2 is 2.36 bits per heavy atom. The Hall–Kier alpha value is -1.50. The molecule has 0 spiro atoms. The van der Waals surface area contributed by atoms with Gasteiger partial charge >= 0.3 is 0 Å². The number of thiocarbonyl (C=S) groups is 1. The molecule has 0 aliphatic carbocycles. The molecule has 7 heteroatoms. The third-order valence-corrected chi connectivity index (χ3v) is 4.39. The van der Waals surface area contributed by atoms with Crippen molar-refractivity contribution in [3.05, 3.63) is 34.6 Å². The molecule has 2 aliphatic rings. The molecule has 0 unspecified atom stereocenters. The van der Waals surface area contributed by atoms with Gasteiger partial charge in [0.1, 0.15) is 18.1 Å². The van der Waals surface area contributed by atoms with E-state index < -0.39 is 0 Å². The maximum atomic E-state index is 6.25. The van der Waals surface area contributed by atoms with Crippen LogP contribution in [0.15, 0.2) is 24.0 Å². The van der Waals surface area contributed by atoms with Crippen LogP contribution >= 0.6 is 23.8 Å². The topological polar surface area (TPSA) is 61.8 Å². The van der Waals surface area contributed by atoms with E-state index in [2.05, 4.69) is 5.32 Å². The fourth-order valence-corrected chi connectivity index (χ4v) is 3.42. The molecule has 0 saturated heterocycles. The predicted octanol–water partition coefficient (Wildman–Crippen LogP) is 2.05. The Labute approximate surface area is 140 Å². The number of methoxy groups -OCH3 is 1. The van der Waals surface area contributed by atoms with E-state index in [-0.39, 0.29) is 6.04 Å². The Balaban J connectivity index is 1.86. The summed E-state index contributed by atoms with van der Waals surface area (Å²) in [5, 5.41) is 5.37. The molecule has 2 N–H and O–H groups in total. The van der Waals surface area contributed by atoms with Gasteiger partial charge in [-0.05, 0) is 24.8 Å². The zero-order valence-electron chi connectivity index (χ0n) is 12.2. The zero-order valence-corrected chi connectivity index (χ0v) is 13.8. The molecule has 1 radical (unpaired) electrons. The molecule has 3 rings (SSSR count). The minimum Gasteiger partial charge on any atom is -0.497 e. The Kier molecular flexibility index (Phi) is 4.42. The van der Waals surface area contributed by atoms with Gasteiger partial charge in [0, 0.05) is 36.4 Å². The first-order valence-corrected chi connectivity index (χ1v) is 7.85. The van der Waals surface area contributed by atoms with E-state index in [1.807, 2.05) is 11.0 Å². The number of nitrogens with two attached hydrogens (primary N) is 1. The quantitative estimate of drug-likeness (QED) is 0.851. The molecule has 2 aliphatic heterocycles. The number of nitrogens with zero attached hydrogens (tertiary/aromatic N) is 2. The smallest absolute Gasteiger partial charge is 0.200 e. The van der Waals surface area contributed by atoms with Crippen LogP contribution in [0.4, 0.5) is 0 Å². The van der Waals surface area contributed by atoms with Gasteiger partial charge in [0.05, 0.1) is 18.2 Å². The lowest BCUT2D eigenvalue weighted by Gasteiger charge is -2.34. The average Bonchev–Trinajstić information content (AvgIpc) is 2.87. The molecule has 22 heavy (non-hydrogen) atoms. The molecule has 0 bridgehead atoms. The van der Waals surface area contributed by atoms with Gasteiger partial charge in [-0.25, -0.2) is 5.32 Å². The second-order valence-corrected chi connectivity index (χ2v) is 5.98. The first-order valence-electron chi connectivity index (χ1n) is 7.06. The lowest BCUT2D eigenvalue weighted by Crippen LogP contribution is -2.44. The van der Waals surface area contributed by atoms with Crippen molar-refractivity contribution in [3.8, 4) is 11.5 Å². The highest BCUT2D eigenvalue weighted by molar-refractivity contribution is 7.80. The van der Waals surface area contributed by atoms with Crippen molar-refractivity contribution in [1.82, 2.24) is 10.2 Å². The molecule has 117 valence electrons. The van der Waals surface area contributed by atoms with E-state index in [0.29, 0.717) is 23.3 Å². The zero-order chi connectivity index (χ0) is 15.7. The van der Waals surface area contributed by atoms with E-state index in [1.54, 1.807) is 19.4 Å². The third kappa shape index (κ3) is 2.74. The summed E-state index contributed by atoms with van der Waals surface area (Å²) in [7, 11) is 1.62. The fraction of sp³-hybridized carbons (Fsp3) is 0.400. The standard InChI is InChI=1S/C15H17ClN3O2S/c1-20-12-5-9-4-11(8-21-14(9)13(16)6-12)19-10(2-3-17)7-18-15(19)22/h5-7,11H,2-4,8,17H2,1H3/t11-/m1/s1. The SMILES string of the molecule is COc1cc(Cl)c2c(c1)C[C@@H](N1C(=S)[N]C=C1CCN)CO2. The van der Waals surface area contributed by atoms with Gasteiger partial charge in [-0.1, -0.05) is 11.6 Å². The van der Waals surface area contributed by atoms with Crippen LogP contribution in [0.25, 0.3) is 0 Å². The van der Waals surface area contributed by atoms with Crippen molar-refractivity contribution in [3.63, 3.8) is 0 Å². The van der Waals surface area contributed by atoms with Gasteiger partial charge in [-0.15, -0.1) is 0 Å². The van der Waals surface area contributed by atoms with Crippen molar-refractivity contribution in [2.45, 2.75) is 18.9 Å². The molecule has 1 aromatic rings. The summed E-state index contributed by atoms with van der Waals surface area (Å²) in [6, 6.07) is 3.80. The number of benzene rings is 1. The van der Waals surface area contributed by atoms with Crippen molar-refractivity contribution in [2.75, 3.05) is 20.3 Å². The molecular formula is C15H17ClN3O2S. The van der Waals surface area contributed by atoms with E-state index >= 15 is 0 Å². The molecule has 1 aromatic carbocycles. The second kappa shape index (κ2) is 6.32. The van der Waals surface area contributed by atoms with Crippen molar-refractivity contribution in [1.29, 1.82) is 0 Å². The van der Waals surface area contributed by atoms with E-state index in [4.69, 9.17) is 39.0 Å². The molecule has 5 nitrogen and oxygen atoms in total. The van der Waals surface area contributed by atoms with Crippen molar-refractivity contribution >= 4 is 28.9 Å². The summed E-state index contributed by atoms with van der Waals surface area (Å²) in [5.74, 6) is 1.45. The van der Waals surface area contributed by atoms with E-state index in [1.165, 1.54) is 0 Å². The van der Waals surface area contributed by atoms with Gasteiger partial charge in [0.25, 0.3) is 0 Å². The Bertz CT molecular complexity index is 635. The summed E-state index contributed by atoms with van der Waals surface area (Å²) in [6.45, 7) is 1.07. The molecule has 0 saturated carbocycles. The van der Waals surface area contributed by atoms with Crippen molar-refractivity contribution in [2.24, 2.45) is 5.73 Å². The minimum atomic E-state index is 0.0900. The summed E-state index contributed by atoms with van der Waals surface area (Å²) in [4.78, 5) is 2.04. The van der Waals surface area contributed by atoms with E-state index in [0.717, 1.165) is 35.6 Å². The van der Waals surface area contributed by atoms with Gasteiger partial charge in [0.2, 0.25) is 0 Å². The first-order chi connectivity index (χ1) is 10.6. The van der Waals surface area contributed by atoms with Crippen LogP contribution in [0.2, 0.25) is 5.02 Å². The summed E-state index contributed by atoms with van der Waals surface area (Å²) in [5.41, 5.74) is 7.72. The van der Waals surface area contributed by atoms with Gasteiger partial charge in [0.15, 0.2) is 5.11 Å². The lowest BCUT2D eigenvalue weighted by atomic mass is 10.0. The van der Waals surface area contributed by atoms with Crippen LogP contribution in [0, 0.1) is 0 Å². The van der Waals surface area contributed by atoms with Gasteiger partial charge in [-0.3, -0.25) is 0 Å². The number of fused-ring (bicyclic) bond motifs is 1. The van der Waals surface area contributed by atoms with Crippen LogP contribution in [0.5, 0.6) is 11.5 Å². The molecule has 1 atom stereocenters. The molecule has 2 heterocycles. The second-order valence-electron chi connectivity index (χ2n) is 5.21. The highest BCUT2D eigenvalue weighted by atomic mass is 35.5. The predicted molar refractivity (Wildman–Crippen MR) is 89.3 cm³/mol. The van der Waals surface area contributed by atoms with Crippen LogP contribution in [-0.4, -0.2) is 36.3 Å². The van der Waals surface area contributed by atoms with Crippen LogP contribution in [0.1, 0.15) is 12.0 Å². The maximum Gasteiger partial charge on any atom is 0.200 e. The Morgan fingerprint density at radius 3 is 3.09 bits per heavy atom.